The normalized spacial score (nSPS) is 9.62. The molecule has 1 heterocycles. The number of rotatable bonds is 3. The Morgan fingerprint density at radius 2 is 2.24 bits per heavy atom. The van der Waals surface area contributed by atoms with Crippen molar-refractivity contribution in [2.45, 2.75) is 6.54 Å². The predicted octanol–water partition coefficient (Wildman–Crippen LogP) is 1.98. The second kappa shape index (κ2) is 7.44. The lowest BCUT2D eigenvalue weighted by Crippen LogP contribution is -2.23. The third-order valence-electron chi connectivity index (χ3n) is 2.73. The number of nitrogens with one attached hydrogen (secondary N) is 1. The minimum absolute atomic E-state index is 0.210. The van der Waals surface area contributed by atoms with Crippen LogP contribution < -0.4 is 11.1 Å². The summed E-state index contributed by atoms with van der Waals surface area (Å²) in [4.78, 5) is 16.2. The monoisotopic (exact) mass is 299 g/mol. The highest BCUT2D eigenvalue weighted by Gasteiger charge is 2.09. The van der Waals surface area contributed by atoms with E-state index in [-0.39, 0.29) is 12.5 Å². The van der Waals surface area contributed by atoms with Crippen molar-refractivity contribution in [1.82, 2.24) is 10.3 Å². The molecule has 106 valence electrons. The molecule has 5 heteroatoms. The number of benzene rings is 1. The molecule has 0 saturated heterocycles. The molecule has 0 unspecified atom stereocenters. The number of pyridine rings is 1. The summed E-state index contributed by atoms with van der Waals surface area (Å²) in [6, 6.07) is 8.97. The number of aromatic nitrogens is 1. The number of halogens is 1. The van der Waals surface area contributed by atoms with E-state index in [1.165, 1.54) is 0 Å². The van der Waals surface area contributed by atoms with Gasteiger partial charge in [-0.1, -0.05) is 35.6 Å². The van der Waals surface area contributed by atoms with Crippen LogP contribution in [-0.2, 0) is 6.54 Å². The lowest BCUT2D eigenvalue weighted by Gasteiger charge is -2.07. The van der Waals surface area contributed by atoms with Crippen LogP contribution in [0.3, 0.4) is 0 Å². The minimum atomic E-state index is -0.210. The number of carbonyl (C=O) groups excluding carboxylic acids is 1. The Hall–Kier alpha value is -2.35. The molecule has 0 spiro atoms. The van der Waals surface area contributed by atoms with Crippen molar-refractivity contribution in [3.63, 3.8) is 0 Å². The molecular weight excluding hydrogens is 286 g/mol. The summed E-state index contributed by atoms with van der Waals surface area (Å²) >= 11 is 5.91. The Kier molecular flexibility index (Phi) is 5.33. The zero-order valence-corrected chi connectivity index (χ0v) is 12.0. The third-order valence-corrected chi connectivity index (χ3v) is 2.97. The van der Waals surface area contributed by atoms with Crippen molar-refractivity contribution in [1.29, 1.82) is 0 Å². The summed E-state index contributed by atoms with van der Waals surface area (Å²) in [5.74, 6) is 5.35. The Morgan fingerprint density at radius 1 is 1.38 bits per heavy atom. The van der Waals surface area contributed by atoms with Crippen molar-refractivity contribution < 1.29 is 4.79 Å². The van der Waals surface area contributed by atoms with Gasteiger partial charge in [-0.3, -0.25) is 9.78 Å². The largest absolute Gasteiger partial charge is 0.348 e. The molecule has 1 amide bonds. The second-order valence-corrected chi connectivity index (χ2v) is 4.68. The van der Waals surface area contributed by atoms with Crippen LogP contribution in [0.25, 0.3) is 0 Å². The summed E-state index contributed by atoms with van der Waals surface area (Å²) in [5, 5.41) is 3.47. The maximum Gasteiger partial charge on any atom is 0.252 e. The van der Waals surface area contributed by atoms with E-state index in [9.17, 15) is 4.79 Å². The minimum Gasteiger partial charge on any atom is -0.348 e. The Labute approximate surface area is 128 Å². The summed E-state index contributed by atoms with van der Waals surface area (Å²) in [5.41, 5.74) is 7.32. The summed E-state index contributed by atoms with van der Waals surface area (Å²) in [7, 11) is 0. The number of amides is 1. The van der Waals surface area contributed by atoms with Gasteiger partial charge in [-0.25, -0.2) is 0 Å². The van der Waals surface area contributed by atoms with Gasteiger partial charge < -0.3 is 11.1 Å². The molecule has 0 atom stereocenters. The highest BCUT2D eigenvalue weighted by Crippen LogP contribution is 2.11. The van der Waals surface area contributed by atoms with Crippen LogP contribution >= 0.6 is 11.6 Å². The molecule has 4 nitrogen and oxygen atoms in total. The predicted molar refractivity (Wildman–Crippen MR) is 82.8 cm³/mol. The summed E-state index contributed by atoms with van der Waals surface area (Å²) < 4.78 is 0. The fraction of sp³-hybridized carbons (Fsp3) is 0.125. The maximum atomic E-state index is 12.2. The molecule has 1 aromatic heterocycles. The molecule has 0 bridgehead atoms. The molecule has 0 fully saturated rings. The number of nitrogens with two attached hydrogens (primary N) is 1. The van der Waals surface area contributed by atoms with Crippen molar-refractivity contribution in [2.75, 3.05) is 6.54 Å². The van der Waals surface area contributed by atoms with E-state index in [2.05, 4.69) is 22.1 Å². The van der Waals surface area contributed by atoms with Crippen LogP contribution in [0.2, 0.25) is 5.02 Å². The molecule has 0 aliphatic carbocycles. The number of nitrogens with zero attached hydrogens (tertiary/aromatic N) is 1. The Morgan fingerprint density at radius 3 is 3.00 bits per heavy atom. The molecule has 21 heavy (non-hydrogen) atoms. The van der Waals surface area contributed by atoms with Crippen molar-refractivity contribution >= 4 is 17.5 Å². The average Bonchev–Trinajstić information content (AvgIpc) is 2.51. The first-order chi connectivity index (χ1) is 10.2. The van der Waals surface area contributed by atoms with Crippen LogP contribution in [0.4, 0.5) is 0 Å². The van der Waals surface area contributed by atoms with E-state index in [0.717, 1.165) is 5.56 Å². The topological polar surface area (TPSA) is 68.0 Å². The van der Waals surface area contributed by atoms with E-state index in [4.69, 9.17) is 17.3 Å². The Balaban J connectivity index is 2.10. The van der Waals surface area contributed by atoms with Crippen LogP contribution in [0.5, 0.6) is 0 Å². The van der Waals surface area contributed by atoms with Gasteiger partial charge in [-0.2, -0.15) is 0 Å². The van der Waals surface area contributed by atoms with Gasteiger partial charge in [0.2, 0.25) is 0 Å². The quantitative estimate of drug-likeness (QED) is 0.852. The number of hydrogen-bond acceptors (Lipinski definition) is 3. The highest BCUT2D eigenvalue weighted by molar-refractivity contribution is 6.30. The smallest absolute Gasteiger partial charge is 0.252 e. The van der Waals surface area contributed by atoms with Crippen molar-refractivity contribution in [3.05, 3.63) is 64.4 Å². The standard InChI is InChI=1S/C16H14ClN3O/c17-14-5-1-3-12(9-14)10-20-16(21)15-6-8-19-11-13(15)4-2-7-18/h1,3,5-6,8-9,11H,7,10,18H2,(H,20,21). The SMILES string of the molecule is NCC#Cc1cnccc1C(=O)NCc1cccc(Cl)c1. The van der Waals surface area contributed by atoms with E-state index in [1.54, 1.807) is 24.5 Å². The van der Waals surface area contributed by atoms with E-state index in [1.807, 2.05) is 18.2 Å². The van der Waals surface area contributed by atoms with Gasteiger partial charge in [0.15, 0.2) is 0 Å². The van der Waals surface area contributed by atoms with Crippen LogP contribution in [0, 0.1) is 11.8 Å². The molecule has 0 saturated carbocycles. The molecule has 0 aliphatic heterocycles. The average molecular weight is 300 g/mol. The molecule has 2 rings (SSSR count). The molecule has 0 radical (unpaired) electrons. The van der Waals surface area contributed by atoms with Crippen LogP contribution in [0.1, 0.15) is 21.5 Å². The second-order valence-electron chi connectivity index (χ2n) is 4.24. The van der Waals surface area contributed by atoms with E-state index in [0.29, 0.717) is 22.7 Å². The number of hydrogen-bond donors (Lipinski definition) is 2. The van der Waals surface area contributed by atoms with Gasteiger partial charge in [-0.15, -0.1) is 0 Å². The van der Waals surface area contributed by atoms with Gasteiger partial charge >= 0.3 is 0 Å². The molecule has 0 aliphatic rings. The molecular formula is C16H14ClN3O. The fourth-order valence-corrected chi connectivity index (χ4v) is 1.98. The molecule has 1 aromatic carbocycles. The van der Waals surface area contributed by atoms with Crippen LogP contribution in [-0.4, -0.2) is 17.4 Å². The molecule has 3 N–H and O–H groups in total. The zero-order valence-electron chi connectivity index (χ0n) is 11.3. The van der Waals surface area contributed by atoms with Gasteiger partial charge in [0, 0.05) is 24.0 Å². The Bertz CT molecular complexity index is 704. The molecule has 2 aromatic rings. The van der Waals surface area contributed by atoms with E-state index < -0.39 is 0 Å². The van der Waals surface area contributed by atoms with Crippen LogP contribution in [0.15, 0.2) is 42.7 Å². The van der Waals surface area contributed by atoms with E-state index >= 15 is 0 Å². The highest BCUT2D eigenvalue weighted by atomic mass is 35.5. The maximum absolute atomic E-state index is 12.2. The first-order valence-electron chi connectivity index (χ1n) is 6.36. The summed E-state index contributed by atoms with van der Waals surface area (Å²) in [6.07, 6.45) is 3.11. The van der Waals surface area contributed by atoms with Gasteiger partial charge in [0.1, 0.15) is 0 Å². The fourth-order valence-electron chi connectivity index (χ4n) is 1.76. The zero-order chi connectivity index (χ0) is 15.1. The third kappa shape index (κ3) is 4.32. The lowest BCUT2D eigenvalue weighted by molar-refractivity contribution is 0.0950. The van der Waals surface area contributed by atoms with Gasteiger partial charge in [-0.05, 0) is 23.8 Å². The van der Waals surface area contributed by atoms with Crippen molar-refractivity contribution in [2.24, 2.45) is 5.73 Å². The first-order valence-corrected chi connectivity index (χ1v) is 6.74. The first kappa shape index (κ1) is 15.0. The van der Waals surface area contributed by atoms with Crippen molar-refractivity contribution in [3.8, 4) is 11.8 Å². The summed E-state index contributed by atoms with van der Waals surface area (Å²) in [6.45, 7) is 0.629. The lowest BCUT2D eigenvalue weighted by atomic mass is 10.1. The van der Waals surface area contributed by atoms with Gasteiger partial charge in [0.05, 0.1) is 17.7 Å². The number of carbonyl (C=O) groups is 1. The van der Waals surface area contributed by atoms with Gasteiger partial charge in [0.25, 0.3) is 5.91 Å².